The first-order valence-corrected chi connectivity index (χ1v) is 10.1. The number of benzene rings is 2. The van der Waals surface area contributed by atoms with Gasteiger partial charge in [-0.25, -0.2) is 4.39 Å². The monoisotopic (exact) mass is 576 g/mol. The molecule has 0 unspecified atom stereocenters. The second-order valence-corrected chi connectivity index (χ2v) is 7.12. The Hall–Kier alpha value is -1.68. The van der Waals surface area contributed by atoms with Crippen molar-refractivity contribution < 1.29 is 9.18 Å². The van der Waals surface area contributed by atoms with E-state index in [1.165, 1.54) is 6.07 Å². The molecule has 8 heteroatoms. The molecule has 0 bridgehead atoms. The first-order chi connectivity index (χ1) is 13.5. The molecule has 0 fully saturated rings. The van der Waals surface area contributed by atoms with Gasteiger partial charge >= 0.3 is 0 Å². The molecule has 158 valence electrons. The Balaban J connectivity index is 0.00000420. The van der Waals surface area contributed by atoms with Crippen LogP contribution in [0, 0.1) is 5.82 Å². The fourth-order valence-corrected chi connectivity index (χ4v) is 3.11. The Morgan fingerprint density at radius 3 is 2.66 bits per heavy atom. The number of halogens is 3. The normalized spacial score (nSPS) is 10.8. The van der Waals surface area contributed by atoms with Crippen molar-refractivity contribution in [2.45, 2.75) is 19.8 Å². The van der Waals surface area contributed by atoms with Crippen LogP contribution in [0.2, 0.25) is 0 Å². The summed E-state index contributed by atoms with van der Waals surface area (Å²) in [5.74, 6) is 0.386. The third-order valence-electron chi connectivity index (χ3n) is 4.13. The number of guanidine groups is 1. The van der Waals surface area contributed by atoms with Crippen LogP contribution in [0.1, 0.15) is 28.4 Å². The van der Waals surface area contributed by atoms with Gasteiger partial charge in [0.1, 0.15) is 5.82 Å². The molecule has 0 aliphatic heterocycles. The fourth-order valence-electron chi connectivity index (χ4n) is 2.70. The van der Waals surface area contributed by atoms with Crippen LogP contribution in [0.25, 0.3) is 0 Å². The van der Waals surface area contributed by atoms with Crippen LogP contribution in [0.3, 0.4) is 0 Å². The Morgan fingerprint density at radius 1 is 1.14 bits per heavy atom. The molecule has 0 spiro atoms. The molecule has 0 aliphatic rings. The number of hydrogen-bond donors (Lipinski definition) is 3. The predicted molar refractivity (Wildman–Crippen MR) is 131 cm³/mol. The van der Waals surface area contributed by atoms with E-state index < -0.39 is 0 Å². The van der Waals surface area contributed by atoms with Gasteiger partial charge in [0.15, 0.2) is 5.96 Å². The highest BCUT2D eigenvalue weighted by molar-refractivity contribution is 14.0. The zero-order chi connectivity index (χ0) is 20.4. The van der Waals surface area contributed by atoms with Gasteiger partial charge in [0, 0.05) is 36.7 Å². The van der Waals surface area contributed by atoms with Crippen LogP contribution >= 0.6 is 39.9 Å². The van der Waals surface area contributed by atoms with Crippen LogP contribution in [0.5, 0.6) is 0 Å². The van der Waals surface area contributed by atoms with E-state index in [1.807, 2.05) is 25.1 Å². The highest BCUT2D eigenvalue weighted by Gasteiger charge is 2.05. The number of nitrogens with one attached hydrogen (secondary N) is 3. The second-order valence-electron chi connectivity index (χ2n) is 6.20. The van der Waals surface area contributed by atoms with Crippen LogP contribution < -0.4 is 16.0 Å². The van der Waals surface area contributed by atoms with Crippen molar-refractivity contribution in [2.75, 3.05) is 26.7 Å². The van der Waals surface area contributed by atoms with E-state index >= 15 is 0 Å². The lowest BCUT2D eigenvalue weighted by atomic mass is 10.1. The zero-order valence-corrected chi connectivity index (χ0v) is 20.5. The highest BCUT2D eigenvalue weighted by Crippen LogP contribution is 2.16. The van der Waals surface area contributed by atoms with E-state index in [4.69, 9.17) is 0 Å². The molecule has 0 radical (unpaired) electrons. The van der Waals surface area contributed by atoms with E-state index in [0.29, 0.717) is 36.6 Å². The van der Waals surface area contributed by atoms with Gasteiger partial charge in [0.2, 0.25) is 0 Å². The smallest absolute Gasteiger partial charge is 0.251 e. The Labute approximate surface area is 197 Å². The van der Waals surface area contributed by atoms with Crippen molar-refractivity contribution in [2.24, 2.45) is 4.99 Å². The molecule has 0 saturated carbocycles. The first kappa shape index (κ1) is 25.4. The molecule has 1 amide bonds. The molecule has 3 N–H and O–H groups in total. The van der Waals surface area contributed by atoms with Gasteiger partial charge in [-0.05, 0) is 61.2 Å². The average Bonchev–Trinajstić information content (AvgIpc) is 2.70. The Bertz CT molecular complexity index is 832. The van der Waals surface area contributed by atoms with E-state index in [-0.39, 0.29) is 35.7 Å². The summed E-state index contributed by atoms with van der Waals surface area (Å²) < 4.78 is 14.7. The third kappa shape index (κ3) is 8.69. The highest BCUT2D eigenvalue weighted by atomic mass is 127. The molecule has 0 saturated heterocycles. The molecular weight excluding hydrogens is 550 g/mol. The van der Waals surface area contributed by atoms with Crippen LogP contribution in [-0.2, 0) is 12.8 Å². The molecule has 0 aromatic heterocycles. The second kappa shape index (κ2) is 13.5. The SMILES string of the molecule is CCNC(=NCCc1cc(Br)ccc1F)NCCc1cccc(C(=O)NC)c1.I. The summed E-state index contributed by atoms with van der Waals surface area (Å²) in [5.41, 5.74) is 2.36. The summed E-state index contributed by atoms with van der Waals surface area (Å²) in [4.78, 5) is 16.2. The number of rotatable bonds is 8. The van der Waals surface area contributed by atoms with Crippen LogP contribution in [-0.4, -0.2) is 38.5 Å². The summed E-state index contributed by atoms with van der Waals surface area (Å²) in [6, 6.07) is 12.5. The van der Waals surface area contributed by atoms with Crippen LogP contribution in [0.4, 0.5) is 4.39 Å². The minimum Gasteiger partial charge on any atom is -0.357 e. The summed E-state index contributed by atoms with van der Waals surface area (Å²) in [7, 11) is 1.62. The molecule has 2 aromatic rings. The number of carbonyl (C=O) groups excluding carboxylic acids is 1. The van der Waals surface area contributed by atoms with Crippen molar-refractivity contribution >= 4 is 51.8 Å². The van der Waals surface area contributed by atoms with Crippen molar-refractivity contribution in [3.05, 3.63) is 69.4 Å². The predicted octanol–water partition coefficient (Wildman–Crippen LogP) is 3.91. The summed E-state index contributed by atoms with van der Waals surface area (Å²) in [5, 5.41) is 9.10. The minimum absolute atomic E-state index is 0. The summed E-state index contributed by atoms with van der Waals surface area (Å²) >= 11 is 3.36. The summed E-state index contributed by atoms with van der Waals surface area (Å²) in [6.45, 7) is 3.89. The molecule has 0 aliphatic carbocycles. The standard InChI is InChI=1S/C21H26BrFN4O.HI/c1-3-25-21(27-12-10-16-14-18(22)7-8-19(16)23)26-11-9-15-5-4-6-17(13-15)20(28)24-2;/h4-8,13-14H,3,9-12H2,1-2H3,(H,24,28)(H2,25,26,27);1H. The molecule has 0 atom stereocenters. The van der Waals surface area contributed by atoms with Gasteiger partial charge in [-0.2, -0.15) is 0 Å². The van der Waals surface area contributed by atoms with Crippen molar-refractivity contribution in [3.8, 4) is 0 Å². The first-order valence-electron chi connectivity index (χ1n) is 9.30. The number of carbonyl (C=O) groups is 1. The van der Waals surface area contributed by atoms with Gasteiger partial charge < -0.3 is 16.0 Å². The van der Waals surface area contributed by atoms with Gasteiger partial charge in [-0.1, -0.05) is 28.1 Å². The van der Waals surface area contributed by atoms with Crippen molar-refractivity contribution in [1.29, 1.82) is 0 Å². The molecule has 2 rings (SSSR count). The minimum atomic E-state index is -0.215. The molecule has 2 aromatic carbocycles. The lowest BCUT2D eigenvalue weighted by Crippen LogP contribution is -2.38. The maximum atomic E-state index is 13.8. The molecule has 0 heterocycles. The average molecular weight is 577 g/mol. The largest absolute Gasteiger partial charge is 0.357 e. The van der Waals surface area contributed by atoms with Gasteiger partial charge in [0.05, 0.1) is 0 Å². The van der Waals surface area contributed by atoms with Crippen molar-refractivity contribution in [3.63, 3.8) is 0 Å². The van der Waals surface area contributed by atoms with E-state index in [9.17, 15) is 9.18 Å². The van der Waals surface area contributed by atoms with Gasteiger partial charge in [-0.15, -0.1) is 24.0 Å². The third-order valence-corrected chi connectivity index (χ3v) is 4.62. The molecule has 5 nitrogen and oxygen atoms in total. The van der Waals surface area contributed by atoms with E-state index in [2.05, 4.69) is 36.9 Å². The van der Waals surface area contributed by atoms with Gasteiger partial charge in [0.25, 0.3) is 5.91 Å². The fraction of sp³-hybridized carbons (Fsp3) is 0.333. The van der Waals surface area contributed by atoms with Crippen molar-refractivity contribution in [1.82, 2.24) is 16.0 Å². The van der Waals surface area contributed by atoms with E-state index in [0.717, 1.165) is 23.0 Å². The van der Waals surface area contributed by atoms with E-state index in [1.54, 1.807) is 25.2 Å². The topological polar surface area (TPSA) is 65.5 Å². The maximum Gasteiger partial charge on any atom is 0.251 e. The number of aliphatic imine (C=N–C) groups is 1. The maximum absolute atomic E-state index is 13.8. The lowest BCUT2D eigenvalue weighted by Gasteiger charge is -2.12. The molecular formula is C21H27BrFIN4O. The number of hydrogen-bond acceptors (Lipinski definition) is 2. The number of amides is 1. The quantitative estimate of drug-likeness (QED) is 0.254. The number of nitrogens with zero attached hydrogens (tertiary/aromatic N) is 1. The Morgan fingerprint density at radius 2 is 1.93 bits per heavy atom. The van der Waals surface area contributed by atoms with Gasteiger partial charge in [-0.3, -0.25) is 9.79 Å². The lowest BCUT2D eigenvalue weighted by molar-refractivity contribution is 0.0963. The summed E-state index contributed by atoms with van der Waals surface area (Å²) in [6.07, 6.45) is 1.28. The molecule has 29 heavy (non-hydrogen) atoms. The van der Waals surface area contributed by atoms with Crippen LogP contribution in [0.15, 0.2) is 51.9 Å². The Kier molecular flexibility index (Phi) is 11.8. The zero-order valence-electron chi connectivity index (χ0n) is 16.6.